The van der Waals surface area contributed by atoms with Crippen molar-refractivity contribution in [3.63, 3.8) is 0 Å². The molecule has 0 spiro atoms. The summed E-state index contributed by atoms with van der Waals surface area (Å²) < 4.78 is 37.5. The van der Waals surface area contributed by atoms with E-state index in [4.69, 9.17) is 9.47 Å². The van der Waals surface area contributed by atoms with E-state index in [0.717, 1.165) is 0 Å². The molecule has 10 heteroatoms. The average Bonchev–Trinajstić information content (AvgIpc) is 2.84. The molecule has 1 aliphatic heterocycles. The van der Waals surface area contributed by atoms with Gasteiger partial charge in [0.05, 0.1) is 30.2 Å². The molecule has 2 aromatic carbocycles. The van der Waals surface area contributed by atoms with Crippen molar-refractivity contribution in [3.05, 3.63) is 54.1 Å². The number of nitrogens with one attached hydrogen (secondary N) is 1. The fourth-order valence-electron chi connectivity index (χ4n) is 3.57. The van der Waals surface area contributed by atoms with E-state index in [2.05, 4.69) is 5.32 Å². The van der Waals surface area contributed by atoms with Crippen LogP contribution in [0.25, 0.3) is 0 Å². The summed E-state index contributed by atoms with van der Waals surface area (Å²) in [6.07, 6.45) is 0. The predicted octanol–water partition coefficient (Wildman–Crippen LogP) is 2.21. The summed E-state index contributed by atoms with van der Waals surface area (Å²) in [4.78, 5) is 26.5. The number of amides is 1. The highest BCUT2D eigenvalue weighted by molar-refractivity contribution is 7.89. The maximum absolute atomic E-state index is 13.0. The van der Waals surface area contributed by atoms with E-state index in [1.54, 1.807) is 45.2 Å². The fourth-order valence-corrected chi connectivity index (χ4v) is 4.99. The van der Waals surface area contributed by atoms with Gasteiger partial charge in [-0.15, -0.1) is 0 Å². The van der Waals surface area contributed by atoms with Crippen molar-refractivity contribution in [2.45, 2.75) is 24.8 Å². The normalized spacial score (nSPS) is 16.1. The van der Waals surface area contributed by atoms with Gasteiger partial charge in [0.25, 0.3) is 0 Å². The second kappa shape index (κ2) is 10.8. The van der Waals surface area contributed by atoms with Crippen LogP contribution in [0.15, 0.2) is 53.4 Å². The Balaban J connectivity index is 1.58. The molecule has 33 heavy (non-hydrogen) atoms. The first kappa shape index (κ1) is 24.7. The predicted molar refractivity (Wildman–Crippen MR) is 124 cm³/mol. The molecule has 1 unspecified atom stereocenters. The third-order valence-corrected chi connectivity index (χ3v) is 7.45. The van der Waals surface area contributed by atoms with Gasteiger partial charge in [-0.25, -0.2) is 13.2 Å². The molecule has 1 N–H and O–H groups in total. The van der Waals surface area contributed by atoms with Crippen LogP contribution in [0.2, 0.25) is 0 Å². The van der Waals surface area contributed by atoms with Crippen molar-refractivity contribution in [1.82, 2.24) is 9.21 Å². The molecular weight excluding hydrogens is 446 g/mol. The highest BCUT2D eigenvalue weighted by Crippen LogP contribution is 2.21. The molecule has 1 aliphatic rings. The highest BCUT2D eigenvalue weighted by atomic mass is 32.2. The Labute approximate surface area is 194 Å². The van der Waals surface area contributed by atoms with Gasteiger partial charge in [-0.3, -0.25) is 9.69 Å². The molecule has 1 amide bonds. The lowest BCUT2D eigenvalue weighted by molar-refractivity contribution is -0.121. The van der Waals surface area contributed by atoms with Crippen LogP contribution >= 0.6 is 0 Å². The number of esters is 1. The van der Waals surface area contributed by atoms with Crippen molar-refractivity contribution in [2.75, 3.05) is 45.2 Å². The lowest BCUT2D eigenvalue weighted by atomic mass is 10.2. The zero-order chi connectivity index (χ0) is 24.0. The van der Waals surface area contributed by atoms with Gasteiger partial charge < -0.3 is 14.8 Å². The summed E-state index contributed by atoms with van der Waals surface area (Å²) in [5.41, 5.74) is 0.940. The third kappa shape index (κ3) is 5.89. The Hall–Kier alpha value is -2.95. The van der Waals surface area contributed by atoms with E-state index >= 15 is 0 Å². The van der Waals surface area contributed by atoms with E-state index in [1.165, 1.54) is 28.6 Å². The molecule has 2 aromatic rings. The number of anilines is 1. The van der Waals surface area contributed by atoms with Crippen LogP contribution in [0.1, 0.15) is 24.2 Å². The maximum atomic E-state index is 13.0. The molecule has 1 saturated heterocycles. The van der Waals surface area contributed by atoms with Crippen LogP contribution in [-0.4, -0.2) is 75.4 Å². The number of ether oxygens (including phenoxy) is 2. The first-order valence-corrected chi connectivity index (χ1v) is 12.2. The van der Waals surface area contributed by atoms with E-state index in [0.29, 0.717) is 30.1 Å². The monoisotopic (exact) mass is 475 g/mol. The van der Waals surface area contributed by atoms with Crippen molar-refractivity contribution >= 4 is 27.6 Å². The second-order valence-corrected chi connectivity index (χ2v) is 9.52. The molecule has 0 bridgehead atoms. The van der Waals surface area contributed by atoms with Crippen molar-refractivity contribution in [3.8, 4) is 5.75 Å². The largest absolute Gasteiger partial charge is 0.497 e. The minimum atomic E-state index is -3.70. The maximum Gasteiger partial charge on any atom is 0.338 e. The molecule has 0 saturated carbocycles. The van der Waals surface area contributed by atoms with Gasteiger partial charge in [-0.1, -0.05) is 6.07 Å². The molecule has 0 radical (unpaired) electrons. The Kier molecular flexibility index (Phi) is 8.06. The summed E-state index contributed by atoms with van der Waals surface area (Å²) in [6, 6.07) is 12.4. The van der Waals surface area contributed by atoms with Crippen molar-refractivity contribution < 1.29 is 27.5 Å². The first-order valence-electron chi connectivity index (χ1n) is 10.7. The van der Waals surface area contributed by atoms with Crippen LogP contribution in [0.3, 0.4) is 0 Å². The SMILES string of the molecule is CCOC(=O)c1ccc(S(=O)(=O)N2CCN(C(C)C(=O)Nc3cccc(OC)c3)CC2)cc1. The zero-order valence-electron chi connectivity index (χ0n) is 19.0. The van der Waals surface area contributed by atoms with Crippen LogP contribution in [-0.2, 0) is 19.6 Å². The number of carbonyl (C=O) groups excluding carboxylic acids is 2. The van der Waals surface area contributed by atoms with Crippen LogP contribution < -0.4 is 10.1 Å². The number of piperazine rings is 1. The average molecular weight is 476 g/mol. The fraction of sp³-hybridized carbons (Fsp3) is 0.391. The minimum Gasteiger partial charge on any atom is -0.497 e. The Bertz CT molecular complexity index is 1080. The van der Waals surface area contributed by atoms with E-state index in [-0.39, 0.29) is 30.5 Å². The number of methoxy groups -OCH3 is 1. The second-order valence-electron chi connectivity index (χ2n) is 7.58. The lowest BCUT2D eigenvalue weighted by Gasteiger charge is -2.36. The van der Waals surface area contributed by atoms with Gasteiger partial charge in [0.2, 0.25) is 15.9 Å². The summed E-state index contributed by atoms with van der Waals surface area (Å²) >= 11 is 0. The van der Waals surface area contributed by atoms with Crippen LogP contribution in [0, 0.1) is 0 Å². The summed E-state index contributed by atoms with van der Waals surface area (Å²) in [6.45, 7) is 5.13. The Morgan fingerprint density at radius 2 is 1.73 bits per heavy atom. The van der Waals surface area contributed by atoms with E-state index in [1.807, 2.05) is 4.90 Å². The van der Waals surface area contributed by atoms with Crippen LogP contribution in [0.4, 0.5) is 5.69 Å². The number of sulfonamides is 1. The quantitative estimate of drug-likeness (QED) is 0.584. The molecule has 3 rings (SSSR count). The van der Waals surface area contributed by atoms with Gasteiger partial charge >= 0.3 is 5.97 Å². The highest BCUT2D eigenvalue weighted by Gasteiger charge is 2.32. The number of benzene rings is 2. The molecule has 1 fully saturated rings. The van der Waals surface area contributed by atoms with Crippen molar-refractivity contribution in [1.29, 1.82) is 0 Å². The van der Waals surface area contributed by atoms with Crippen LogP contribution in [0.5, 0.6) is 5.75 Å². The number of hydrogen-bond acceptors (Lipinski definition) is 7. The molecule has 0 aromatic heterocycles. The van der Waals surface area contributed by atoms with Gasteiger partial charge in [-0.05, 0) is 50.2 Å². The Morgan fingerprint density at radius 3 is 2.33 bits per heavy atom. The number of carbonyl (C=O) groups is 2. The van der Waals surface area contributed by atoms with Gasteiger partial charge in [0, 0.05) is 37.9 Å². The smallest absolute Gasteiger partial charge is 0.338 e. The number of hydrogen-bond donors (Lipinski definition) is 1. The summed E-state index contributed by atoms with van der Waals surface area (Å²) in [5.74, 6) is -0.0139. The molecule has 0 aliphatic carbocycles. The molecular formula is C23H29N3O6S. The summed E-state index contributed by atoms with van der Waals surface area (Å²) in [7, 11) is -2.14. The Morgan fingerprint density at radius 1 is 1.06 bits per heavy atom. The lowest BCUT2D eigenvalue weighted by Crippen LogP contribution is -2.53. The van der Waals surface area contributed by atoms with E-state index < -0.39 is 22.0 Å². The molecule has 1 heterocycles. The third-order valence-electron chi connectivity index (χ3n) is 5.54. The van der Waals surface area contributed by atoms with E-state index in [9.17, 15) is 18.0 Å². The molecule has 9 nitrogen and oxygen atoms in total. The van der Waals surface area contributed by atoms with Gasteiger partial charge in [0.15, 0.2) is 0 Å². The summed E-state index contributed by atoms with van der Waals surface area (Å²) in [5, 5.41) is 2.87. The van der Waals surface area contributed by atoms with Gasteiger partial charge in [-0.2, -0.15) is 4.31 Å². The zero-order valence-corrected chi connectivity index (χ0v) is 19.8. The van der Waals surface area contributed by atoms with Crippen molar-refractivity contribution in [2.24, 2.45) is 0 Å². The number of nitrogens with zero attached hydrogens (tertiary/aromatic N) is 2. The topological polar surface area (TPSA) is 105 Å². The standard InChI is InChI=1S/C23H29N3O6S/c1-4-32-23(28)18-8-10-21(11-9-18)33(29,30)26-14-12-25(13-15-26)17(2)22(27)24-19-6-5-7-20(16-19)31-3/h5-11,16-17H,4,12-15H2,1-3H3,(H,24,27). The van der Waals surface area contributed by atoms with Gasteiger partial charge in [0.1, 0.15) is 5.75 Å². The molecule has 1 atom stereocenters. The number of rotatable bonds is 8. The molecule has 178 valence electrons. The first-order chi connectivity index (χ1) is 15.8. The minimum absolute atomic E-state index is 0.118.